The topological polar surface area (TPSA) is 60.4 Å². The summed E-state index contributed by atoms with van der Waals surface area (Å²) in [6, 6.07) is 0. The summed E-state index contributed by atoms with van der Waals surface area (Å²) in [5.74, 6) is -0.0166. The Hall–Kier alpha value is -0.420. The fourth-order valence-electron chi connectivity index (χ4n) is 3.33. The molecule has 1 saturated heterocycles. The minimum atomic E-state index is -3.04. The Morgan fingerprint density at radius 2 is 1.95 bits per heavy atom. The first kappa shape index (κ1) is 15.0. The van der Waals surface area contributed by atoms with Crippen LogP contribution >= 0.6 is 0 Å². The van der Waals surface area contributed by atoms with Gasteiger partial charge in [0.2, 0.25) is 0 Å². The van der Waals surface area contributed by atoms with Gasteiger partial charge in [0, 0.05) is 18.8 Å². The van der Waals surface area contributed by atoms with Crippen LogP contribution in [0.4, 0.5) is 0 Å². The van der Waals surface area contributed by atoms with Crippen LogP contribution in [0.15, 0.2) is 0 Å². The van der Waals surface area contributed by atoms with Crippen LogP contribution in [-0.4, -0.2) is 37.9 Å². The van der Waals surface area contributed by atoms with Gasteiger partial charge in [-0.25, -0.2) is 8.42 Å². The summed E-state index contributed by atoms with van der Waals surface area (Å²) in [7, 11) is -3.04. The van der Waals surface area contributed by atoms with Gasteiger partial charge in [0.1, 0.15) is 15.4 Å². The Labute approximate surface area is 115 Å². The van der Waals surface area contributed by atoms with Crippen LogP contribution in [-0.2, 0) is 19.4 Å². The summed E-state index contributed by atoms with van der Waals surface area (Å²) in [6.07, 6.45) is 6.89. The smallest absolute Gasteiger partial charge is 0.167 e. The molecule has 0 bridgehead atoms. The first-order chi connectivity index (χ1) is 8.83. The third-order valence-electron chi connectivity index (χ3n) is 4.59. The maximum absolute atomic E-state index is 12.6. The average Bonchev–Trinajstić information content (AvgIpc) is 2.38. The van der Waals surface area contributed by atoms with E-state index in [0.717, 1.165) is 32.1 Å². The first-order valence-electron chi connectivity index (χ1n) is 7.20. The highest BCUT2D eigenvalue weighted by atomic mass is 32.2. The molecule has 0 aromatic heterocycles. The number of ketones is 1. The van der Waals surface area contributed by atoms with Crippen LogP contribution in [0.2, 0.25) is 0 Å². The molecule has 1 aliphatic heterocycles. The summed E-state index contributed by atoms with van der Waals surface area (Å²) in [5.41, 5.74) is -0.678. The Bertz CT molecular complexity index is 434. The fourth-order valence-corrected chi connectivity index (χ4v) is 4.51. The maximum Gasteiger partial charge on any atom is 0.167 e. The largest absolute Gasteiger partial charge is 0.367 e. The Balaban J connectivity index is 2.06. The fraction of sp³-hybridized carbons (Fsp3) is 0.929. The standard InChI is InChI=1S/C14H24O4S/c1-14(8-3-4-9-18-14)13(15)11-6-5-7-12(10-11)19(2,16)17/h11-12H,3-10H2,1-2H3. The normalized spacial score (nSPS) is 36.9. The van der Waals surface area contributed by atoms with Crippen LogP contribution in [0.25, 0.3) is 0 Å². The Kier molecular flexibility index (Phi) is 4.35. The molecule has 0 aromatic carbocycles. The lowest BCUT2D eigenvalue weighted by Gasteiger charge is -2.37. The van der Waals surface area contributed by atoms with Crippen molar-refractivity contribution in [2.75, 3.05) is 12.9 Å². The van der Waals surface area contributed by atoms with Crippen LogP contribution in [0, 0.1) is 5.92 Å². The highest BCUT2D eigenvalue weighted by Crippen LogP contribution is 2.35. The number of hydrogen-bond donors (Lipinski definition) is 0. The van der Waals surface area contributed by atoms with Gasteiger partial charge >= 0.3 is 0 Å². The predicted molar refractivity (Wildman–Crippen MR) is 73.8 cm³/mol. The van der Waals surface area contributed by atoms with E-state index in [1.165, 1.54) is 6.26 Å². The van der Waals surface area contributed by atoms with E-state index in [4.69, 9.17) is 4.74 Å². The van der Waals surface area contributed by atoms with Crippen molar-refractivity contribution in [2.24, 2.45) is 5.92 Å². The van der Waals surface area contributed by atoms with Crippen molar-refractivity contribution in [3.63, 3.8) is 0 Å². The lowest BCUT2D eigenvalue weighted by Crippen LogP contribution is -2.46. The highest BCUT2D eigenvalue weighted by Gasteiger charge is 2.42. The molecule has 110 valence electrons. The molecule has 3 unspecified atom stereocenters. The van der Waals surface area contributed by atoms with Crippen LogP contribution in [0.3, 0.4) is 0 Å². The first-order valence-corrected chi connectivity index (χ1v) is 9.15. The number of rotatable bonds is 3. The number of hydrogen-bond acceptors (Lipinski definition) is 4. The molecule has 0 amide bonds. The molecule has 19 heavy (non-hydrogen) atoms. The lowest BCUT2D eigenvalue weighted by molar-refractivity contribution is -0.153. The van der Waals surface area contributed by atoms with E-state index in [1.807, 2.05) is 6.92 Å². The van der Waals surface area contributed by atoms with Crippen molar-refractivity contribution >= 4 is 15.6 Å². The Morgan fingerprint density at radius 1 is 1.21 bits per heavy atom. The second-order valence-electron chi connectivity index (χ2n) is 6.22. The number of ether oxygens (including phenoxy) is 1. The van der Waals surface area contributed by atoms with Gasteiger partial charge in [-0.15, -0.1) is 0 Å². The number of Topliss-reactive ketones (excluding diaryl/α,β-unsaturated/α-hetero) is 1. The minimum Gasteiger partial charge on any atom is -0.367 e. The van der Waals surface area contributed by atoms with E-state index in [0.29, 0.717) is 19.4 Å². The number of carbonyl (C=O) groups is 1. The van der Waals surface area contributed by atoms with Gasteiger partial charge in [-0.1, -0.05) is 6.42 Å². The summed E-state index contributed by atoms with van der Waals surface area (Å²) >= 11 is 0. The molecule has 0 spiro atoms. The maximum atomic E-state index is 12.6. The zero-order chi connectivity index (χ0) is 14.1. The van der Waals surface area contributed by atoms with Crippen molar-refractivity contribution in [2.45, 2.75) is 62.7 Å². The van der Waals surface area contributed by atoms with Crippen molar-refractivity contribution < 1.29 is 17.9 Å². The zero-order valence-electron chi connectivity index (χ0n) is 11.9. The molecule has 0 N–H and O–H groups in total. The summed E-state index contributed by atoms with van der Waals surface area (Å²) in [5, 5.41) is -0.345. The van der Waals surface area contributed by atoms with Gasteiger partial charge in [-0.2, -0.15) is 0 Å². The number of carbonyl (C=O) groups excluding carboxylic acids is 1. The van der Waals surface area contributed by atoms with E-state index >= 15 is 0 Å². The molecular weight excluding hydrogens is 264 g/mol. The molecular formula is C14H24O4S. The number of sulfone groups is 1. The van der Waals surface area contributed by atoms with Gasteiger partial charge < -0.3 is 4.74 Å². The molecule has 1 aliphatic carbocycles. The second kappa shape index (κ2) is 5.52. The summed E-state index contributed by atoms with van der Waals surface area (Å²) in [4.78, 5) is 12.6. The van der Waals surface area contributed by atoms with Crippen molar-refractivity contribution in [3.8, 4) is 0 Å². The van der Waals surface area contributed by atoms with Crippen molar-refractivity contribution in [1.82, 2.24) is 0 Å². The molecule has 2 aliphatic rings. The van der Waals surface area contributed by atoms with E-state index in [2.05, 4.69) is 0 Å². The molecule has 1 heterocycles. The second-order valence-corrected chi connectivity index (χ2v) is 8.54. The molecule has 3 atom stereocenters. The zero-order valence-corrected chi connectivity index (χ0v) is 12.7. The van der Waals surface area contributed by atoms with Crippen molar-refractivity contribution in [1.29, 1.82) is 0 Å². The van der Waals surface area contributed by atoms with Gasteiger partial charge in [0.25, 0.3) is 0 Å². The minimum absolute atomic E-state index is 0.126. The predicted octanol–water partition coefficient (Wildman–Crippen LogP) is 2.12. The van der Waals surface area contributed by atoms with E-state index in [1.54, 1.807) is 0 Å². The van der Waals surface area contributed by atoms with Crippen LogP contribution in [0.5, 0.6) is 0 Å². The third kappa shape index (κ3) is 3.37. The molecule has 5 heteroatoms. The Morgan fingerprint density at radius 3 is 2.53 bits per heavy atom. The molecule has 4 nitrogen and oxygen atoms in total. The van der Waals surface area contributed by atoms with E-state index < -0.39 is 15.4 Å². The molecule has 1 saturated carbocycles. The van der Waals surface area contributed by atoms with Crippen LogP contribution < -0.4 is 0 Å². The van der Waals surface area contributed by atoms with E-state index in [9.17, 15) is 13.2 Å². The van der Waals surface area contributed by atoms with E-state index in [-0.39, 0.29) is 17.0 Å². The van der Waals surface area contributed by atoms with Gasteiger partial charge in [-0.05, 0) is 45.4 Å². The quantitative estimate of drug-likeness (QED) is 0.798. The van der Waals surface area contributed by atoms with Gasteiger partial charge in [0.15, 0.2) is 5.78 Å². The SMILES string of the molecule is CC1(C(=O)C2CCCC(S(C)(=O)=O)C2)CCCCO1. The average molecular weight is 288 g/mol. The van der Waals surface area contributed by atoms with Gasteiger partial charge in [0.05, 0.1) is 5.25 Å². The highest BCUT2D eigenvalue weighted by molar-refractivity contribution is 7.91. The molecule has 0 aromatic rings. The lowest BCUT2D eigenvalue weighted by atomic mass is 9.77. The van der Waals surface area contributed by atoms with Crippen LogP contribution in [0.1, 0.15) is 51.9 Å². The molecule has 2 rings (SSSR count). The third-order valence-corrected chi connectivity index (χ3v) is 6.23. The monoisotopic (exact) mass is 288 g/mol. The molecule has 0 radical (unpaired) electrons. The molecule has 2 fully saturated rings. The summed E-state index contributed by atoms with van der Waals surface area (Å²) < 4.78 is 29.0. The van der Waals surface area contributed by atoms with Crippen molar-refractivity contribution in [3.05, 3.63) is 0 Å². The van der Waals surface area contributed by atoms with Gasteiger partial charge in [-0.3, -0.25) is 4.79 Å². The summed E-state index contributed by atoms with van der Waals surface area (Å²) in [6.45, 7) is 2.52.